The number of piperidine rings is 1. The fourth-order valence-corrected chi connectivity index (χ4v) is 3.55. The Bertz CT molecular complexity index is 588. The summed E-state index contributed by atoms with van der Waals surface area (Å²) in [6, 6.07) is 6.31. The van der Waals surface area contributed by atoms with Crippen molar-refractivity contribution in [2.45, 2.75) is 51.1 Å². The quantitative estimate of drug-likeness (QED) is 0.907. The second-order valence-corrected chi connectivity index (χ2v) is 7.27. The molecule has 0 aromatic carbocycles. The molecule has 2 heterocycles. The van der Waals surface area contributed by atoms with Crippen molar-refractivity contribution in [3.05, 3.63) is 24.2 Å². The number of likely N-dealkylation sites (tertiary alicyclic amines) is 1. The lowest BCUT2D eigenvalue weighted by Gasteiger charge is -2.37. The molecule has 0 bridgehead atoms. The van der Waals surface area contributed by atoms with E-state index < -0.39 is 5.54 Å². The molecule has 2 aliphatic rings. The Balaban J connectivity index is 1.65. The first-order valence-corrected chi connectivity index (χ1v) is 8.51. The molecule has 2 fully saturated rings. The van der Waals surface area contributed by atoms with Crippen LogP contribution in [0.2, 0.25) is 0 Å². The number of carbonyl (C=O) groups excluding carboxylic acids is 1. The van der Waals surface area contributed by atoms with Crippen LogP contribution in [0.5, 0.6) is 0 Å². The van der Waals surface area contributed by atoms with Crippen LogP contribution in [0.25, 0.3) is 0 Å². The van der Waals surface area contributed by atoms with Gasteiger partial charge in [-0.15, -0.1) is 0 Å². The number of nitrogens with one attached hydrogen (secondary N) is 1. The smallest absolute Gasteiger partial charge is 0.235 e. The maximum absolute atomic E-state index is 12.5. The van der Waals surface area contributed by atoms with Crippen molar-refractivity contribution in [1.82, 2.24) is 10.2 Å². The number of carbonyl (C=O) groups is 1. The minimum absolute atomic E-state index is 0.0629. The van der Waals surface area contributed by atoms with Gasteiger partial charge in [0, 0.05) is 0 Å². The summed E-state index contributed by atoms with van der Waals surface area (Å²) >= 11 is 0. The molecule has 3 rings (SSSR count). The van der Waals surface area contributed by atoms with Crippen molar-refractivity contribution in [3.8, 4) is 6.07 Å². The summed E-state index contributed by atoms with van der Waals surface area (Å²) in [5, 5.41) is 12.4. The summed E-state index contributed by atoms with van der Waals surface area (Å²) < 4.78 is 5.58. The van der Waals surface area contributed by atoms with E-state index in [2.05, 4.69) is 23.2 Å². The minimum atomic E-state index is -0.722. The molecule has 23 heavy (non-hydrogen) atoms. The third-order valence-electron chi connectivity index (χ3n) is 5.22. The molecule has 1 N–H and O–H groups in total. The SMILES string of the molecule is CC1CCN(CC(=O)NC(C)(C#N)C2CC2)C(c2ccco2)C1. The zero-order valence-electron chi connectivity index (χ0n) is 13.9. The van der Waals surface area contributed by atoms with Gasteiger partial charge in [0.05, 0.1) is 24.9 Å². The summed E-state index contributed by atoms with van der Waals surface area (Å²) in [4.78, 5) is 14.7. The average molecular weight is 315 g/mol. The minimum Gasteiger partial charge on any atom is -0.468 e. The van der Waals surface area contributed by atoms with E-state index in [0.29, 0.717) is 18.4 Å². The Morgan fingerprint density at radius 1 is 1.52 bits per heavy atom. The van der Waals surface area contributed by atoms with Crippen LogP contribution in [0.3, 0.4) is 0 Å². The van der Waals surface area contributed by atoms with Gasteiger partial charge in [0.1, 0.15) is 11.3 Å². The molecular formula is C18H25N3O2. The van der Waals surface area contributed by atoms with Crippen LogP contribution in [0.15, 0.2) is 22.8 Å². The maximum Gasteiger partial charge on any atom is 0.235 e. The average Bonchev–Trinajstić information content (AvgIpc) is 3.25. The van der Waals surface area contributed by atoms with Gasteiger partial charge in [-0.3, -0.25) is 9.69 Å². The molecule has 1 saturated carbocycles. The van der Waals surface area contributed by atoms with Crippen LogP contribution in [-0.2, 0) is 4.79 Å². The number of nitrogens with zero attached hydrogens (tertiary/aromatic N) is 2. The summed E-state index contributed by atoms with van der Waals surface area (Å²) in [7, 11) is 0. The van der Waals surface area contributed by atoms with Gasteiger partial charge in [-0.05, 0) is 63.1 Å². The van der Waals surface area contributed by atoms with E-state index in [1.807, 2.05) is 19.1 Å². The lowest BCUT2D eigenvalue weighted by molar-refractivity contribution is -0.125. The third-order valence-corrected chi connectivity index (χ3v) is 5.22. The molecule has 0 radical (unpaired) electrons. The Hall–Kier alpha value is -1.80. The zero-order chi connectivity index (χ0) is 16.4. The second-order valence-electron chi connectivity index (χ2n) is 7.27. The van der Waals surface area contributed by atoms with Crippen LogP contribution < -0.4 is 5.32 Å². The normalized spacial score (nSPS) is 27.9. The Morgan fingerprint density at radius 2 is 2.30 bits per heavy atom. The fourth-order valence-electron chi connectivity index (χ4n) is 3.55. The van der Waals surface area contributed by atoms with Crippen molar-refractivity contribution in [2.75, 3.05) is 13.1 Å². The molecule has 124 valence electrons. The van der Waals surface area contributed by atoms with E-state index in [-0.39, 0.29) is 11.9 Å². The van der Waals surface area contributed by atoms with E-state index in [1.165, 1.54) is 0 Å². The highest BCUT2D eigenvalue weighted by Gasteiger charge is 2.43. The monoisotopic (exact) mass is 315 g/mol. The summed E-state index contributed by atoms with van der Waals surface area (Å²) in [5.41, 5.74) is -0.722. The van der Waals surface area contributed by atoms with E-state index in [9.17, 15) is 10.1 Å². The van der Waals surface area contributed by atoms with Gasteiger partial charge >= 0.3 is 0 Å². The number of furan rings is 1. The number of rotatable bonds is 5. The van der Waals surface area contributed by atoms with Crippen LogP contribution in [0.1, 0.15) is 51.3 Å². The molecule has 0 spiro atoms. The van der Waals surface area contributed by atoms with Gasteiger partial charge in [-0.25, -0.2) is 0 Å². The predicted molar refractivity (Wildman–Crippen MR) is 86.3 cm³/mol. The van der Waals surface area contributed by atoms with Crippen LogP contribution in [0.4, 0.5) is 0 Å². The highest BCUT2D eigenvalue weighted by Crippen LogP contribution is 2.39. The molecule has 1 aromatic heterocycles. The Morgan fingerprint density at radius 3 is 2.91 bits per heavy atom. The highest BCUT2D eigenvalue weighted by molar-refractivity contribution is 5.79. The topological polar surface area (TPSA) is 69.3 Å². The molecule has 1 amide bonds. The van der Waals surface area contributed by atoms with Crippen LogP contribution >= 0.6 is 0 Å². The van der Waals surface area contributed by atoms with Gasteiger partial charge in [0.25, 0.3) is 0 Å². The largest absolute Gasteiger partial charge is 0.468 e. The van der Waals surface area contributed by atoms with E-state index in [1.54, 1.807) is 6.26 Å². The molecule has 3 atom stereocenters. The van der Waals surface area contributed by atoms with Crippen LogP contribution in [0, 0.1) is 23.2 Å². The van der Waals surface area contributed by atoms with Gasteiger partial charge in [0.15, 0.2) is 0 Å². The van der Waals surface area contributed by atoms with E-state index in [4.69, 9.17) is 4.42 Å². The fraction of sp³-hybridized carbons (Fsp3) is 0.667. The van der Waals surface area contributed by atoms with Gasteiger partial charge in [-0.1, -0.05) is 6.92 Å². The number of hydrogen-bond donors (Lipinski definition) is 1. The Kier molecular flexibility index (Phi) is 4.45. The first kappa shape index (κ1) is 16.1. The zero-order valence-corrected chi connectivity index (χ0v) is 13.9. The van der Waals surface area contributed by atoms with Crippen molar-refractivity contribution in [1.29, 1.82) is 5.26 Å². The Labute approximate surface area is 137 Å². The summed E-state index contributed by atoms with van der Waals surface area (Å²) in [6.07, 6.45) is 5.83. The molecule has 3 unspecified atom stereocenters. The standard InChI is InChI=1S/C18H25N3O2/c1-13-7-8-21(15(10-13)16-4-3-9-23-16)11-17(22)20-18(2,12-19)14-5-6-14/h3-4,9,13-15H,5-8,10-11H2,1-2H3,(H,20,22). The molecule has 1 aromatic rings. The third kappa shape index (κ3) is 3.59. The summed E-state index contributed by atoms with van der Waals surface area (Å²) in [6.45, 7) is 5.28. The van der Waals surface area contributed by atoms with Crippen molar-refractivity contribution < 1.29 is 9.21 Å². The molecule has 1 aliphatic carbocycles. The summed E-state index contributed by atoms with van der Waals surface area (Å²) in [5.74, 6) is 1.79. The van der Waals surface area contributed by atoms with Gasteiger partial charge in [0.2, 0.25) is 5.91 Å². The second kappa shape index (κ2) is 6.37. The van der Waals surface area contributed by atoms with Gasteiger partial charge in [-0.2, -0.15) is 5.26 Å². The van der Waals surface area contributed by atoms with Gasteiger partial charge < -0.3 is 9.73 Å². The number of nitriles is 1. The molecule has 1 saturated heterocycles. The number of hydrogen-bond acceptors (Lipinski definition) is 4. The van der Waals surface area contributed by atoms with E-state index in [0.717, 1.165) is 38.0 Å². The highest BCUT2D eigenvalue weighted by atomic mass is 16.3. The lowest BCUT2D eigenvalue weighted by atomic mass is 9.91. The van der Waals surface area contributed by atoms with Crippen molar-refractivity contribution >= 4 is 5.91 Å². The van der Waals surface area contributed by atoms with Crippen LogP contribution in [-0.4, -0.2) is 29.4 Å². The number of amides is 1. The first-order chi connectivity index (χ1) is 11.0. The van der Waals surface area contributed by atoms with Crippen molar-refractivity contribution in [2.24, 2.45) is 11.8 Å². The maximum atomic E-state index is 12.5. The molecule has 5 nitrogen and oxygen atoms in total. The lowest BCUT2D eigenvalue weighted by Crippen LogP contribution is -2.51. The first-order valence-electron chi connectivity index (χ1n) is 8.51. The molecule has 1 aliphatic heterocycles. The van der Waals surface area contributed by atoms with E-state index >= 15 is 0 Å². The predicted octanol–water partition coefficient (Wildman–Crippen LogP) is 2.86. The van der Waals surface area contributed by atoms with Crippen molar-refractivity contribution in [3.63, 3.8) is 0 Å². The molecule has 5 heteroatoms. The molecular weight excluding hydrogens is 290 g/mol.